The van der Waals surface area contributed by atoms with Gasteiger partial charge in [0.25, 0.3) is 0 Å². The first-order valence-corrected chi connectivity index (χ1v) is 11.2. The van der Waals surface area contributed by atoms with Gasteiger partial charge < -0.3 is 15.0 Å². The number of amides is 2. The number of aromatic nitrogens is 2. The number of hydrogen-bond donors (Lipinski definition) is 1. The Kier molecular flexibility index (Phi) is 7.80. The maximum atomic E-state index is 12.9. The van der Waals surface area contributed by atoms with Gasteiger partial charge in [0.2, 0.25) is 5.88 Å². The molecule has 3 aromatic rings. The standard InChI is InChI=1S/C25H31ClN4O2/c1-17(2)15-29(25(31)27-18(3)4)16-23-19(5)28-30(21-11-9-10-20(26)14-21)24(23)32-22-12-7-6-8-13-22/h6-14,17-18H,15-16H2,1-5H3,(H,27,31). The lowest BCUT2D eigenvalue weighted by atomic mass is 10.1. The Morgan fingerprint density at radius 2 is 1.84 bits per heavy atom. The van der Waals surface area contributed by atoms with Crippen molar-refractivity contribution in [3.8, 4) is 17.3 Å². The largest absolute Gasteiger partial charge is 0.439 e. The highest BCUT2D eigenvalue weighted by Gasteiger charge is 2.24. The first-order valence-electron chi connectivity index (χ1n) is 10.9. The van der Waals surface area contributed by atoms with Crippen LogP contribution in [-0.4, -0.2) is 33.3 Å². The monoisotopic (exact) mass is 454 g/mol. The average Bonchev–Trinajstić information content (AvgIpc) is 3.03. The van der Waals surface area contributed by atoms with Crippen molar-refractivity contribution in [1.82, 2.24) is 20.0 Å². The smallest absolute Gasteiger partial charge is 0.317 e. The van der Waals surface area contributed by atoms with Gasteiger partial charge in [0.15, 0.2) is 0 Å². The van der Waals surface area contributed by atoms with Crippen LogP contribution in [0.15, 0.2) is 54.6 Å². The number of carbonyl (C=O) groups excluding carboxylic acids is 1. The molecule has 0 saturated heterocycles. The van der Waals surface area contributed by atoms with Crippen molar-refractivity contribution in [2.24, 2.45) is 5.92 Å². The topological polar surface area (TPSA) is 59.4 Å². The second-order valence-electron chi connectivity index (χ2n) is 8.55. The maximum Gasteiger partial charge on any atom is 0.317 e. The Labute approximate surface area is 195 Å². The number of nitrogens with one attached hydrogen (secondary N) is 1. The lowest BCUT2D eigenvalue weighted by Gasteiger charge is -2.26. The normalized spacial score (nSPS) is 11.1. The molecule has 1 N–H and O–H groups in total. The summed E-state index contributed by atoms with van der Waals surface area (Å²) in [6.45, 7) is 11.0. The van der Waals surface area contributed by atoms with Crippen LogP contribution in [0.4, 0.5) is 4.79 Å². The second-order valence-corrected chi connectivity index (χ2v) is 8.99. The van der Waals surface area contributed by atoms with E-state index in [9.17, 15) is 4.79 Å². The molecular formula is C25H31ClN4O2. The minimum atomic E-state index is -0.103. The highest BCUT2D eigenvalue weighted by molar-refractivity contribution is 6.30. The number of aryl methyl sites for hydroxylation is 1. The van der Waals surface area contributed by atoms with Crippen LogP contribution < -0.4 is 10.1 Å². The number of hydrogen-bond acceptors (Lipinski definition) is 3. The lowest BCUT2D eigenvalue weighted by molar-refractivity contribution is 0.184. The summed E-state index contributed by atoms with van der Waals surface area (Å²) in [7, 11) is 0. The zero-order valence-corrected chi connectivity index (χ0v) is 20.1. The summed E-state index contributed by atoms with van der Waals surface area (Å²) in [6.07, 6.45) is 0. The number of carbonyl (C=O) groups is 1. The molecule has 7 heteroatoms. The molecule has 0 unspecified atom stereocenters. The van der Waals surface area contributed by atoms with Gasteiger partial charge in [-0.1, -0.05) is 49.7 Å². The third kappa shape index (κ3) is 6.04. The van der Waals surface area contributed by atoms with Gasteiger partial charge in [0.05, 0.1) is 23.5 Å². The van der Waals surface area contributed by atoms with Crippen LogP contribution in [0.2, 0.25) is 5.02 Å². The molecule has 2 aromatic carbocycles. The molecular weight excluding hydrogens is 424 g/mol. The van der Waals surface area contributed by atoms with Gasteiger partial charge in [-0.05, 0) is 57.0 Å². The molecule has 0 spiro atoms. The zero-order valence-electron chi connectivity index (χ0n) is 19.3. The number of benzene rings is 2. The summed E-state index contributed by atoms with van der Waals surface area (Å²) >= 11 is 6.24. The SMILES string of the molecule is Cc1nn(-c2cccc(Cl)c2)c(Oc2ccccc2)c1CN(CC(C)C)C(=O)NC(C)C. The lowest BCUT2D eigenvalue weighted by Crippen LogP contribution is -2.44. The van der Waals surface area contributed by atoms with Gasteiger partial charge in [-0.25, -0.2) is 9.48 Å². The molecule has 0 aliphatic heterocycles. The van der Waals surface area contributed by atoms with Crippen LogP contribution in [0.25, 0.3) is 5.69 Å². The van der Waals surface area contributed by atoms with Crippen molar-refractivity contribution in [3.63, 3.8) is 0 Å². The molecule has 2 amide bonds. The van der Waals surface area contributed by atoms with Crippen molar-refractivity contribution in [1.29, 1.82) is 0 Å². The van der Waals surface area contributed by atoms with E-state index in [1.165, 1.54) is 0 Å². The molecule has 0 atom stereocenters. The van der Waals surface area contributed by atoms with E-state index in [1.807, 2.05) is 80.3 Å². The van der Waals surface area contributed by atoms with Crippen LogP contribution in [0.3, 0.4) is 0 Å². The van der Waals surface area contributed by atoms with Gasteiger partial charge >= 0.3 is 6.03 Å². The van der Waals surface area contributed by atoms with E-state index in [2.05, 4.69) is 19.2 Å². The number of halogens is 1. The van der Waals surface area contributed by atoms with Crippen LogP contribution in [0, 0.1) is 12.8 Å². The van der Waals surface area contributed by atoms with E-state index in [4.69, 9.17) is 21.4 Å². The Morgan fingerprint density at radius 1 is 1.12 bits per heavy atom. The molecule has 0 saturated carbocycles. The van der Waals surface area contributed by atoms with Crippen molar-refractivity contribution in [2.75, 3.05) is 6.54 Å². The molecule has 0 bridgehead atoms. The summed E-state index contributed by atoms with van der Waals surface area (Å²) in [5.41, 5.74) is 2.44. The predicted octanol–water partition coefficient (Wildman–Crippen LogP) is 6.20. The molecule has 6 nitrogen and oxygen atoms in total. The van der Waals surface area contributed by atoms with E-state index in [0.29, 0.717) is 35.7 Å². The summed E-state index contributed by atoms with van der Waals surface area (Å²) in [5.74, 6) is 1.58. The third-order valence-corrected chi connectivity index (χ3v) is 5.02. The van der Waals surface area contributed by atoms with Crippen LogP contribution >= 0.6 is 11.6 Å². The molecule has 170 valence electrons. The Morgan fingerprint density at radius 3 is 2.47 bits per heavy atom. The van der Waals surface area contributed by atoms with Crippen LogP contribution in [0.5, 0.6) is 11.6 Å². The van der Waals surface area contributed by atoms with E-state index in [1.54, 1.807) is 4.68 Å². The fourth-order valence-electron chi connectivity index (χ4n) is 3.40. The molecule has 0 aliphatic carbocycles. The first-order chi connectivity index (χ1) is 15.2. The van der Waals surface area contributed by atoms with Crippen molar-refractivity contribution >= 4 is 17.6 Å². The van der Waals surface area contributed by atoms with Gasteiger partial charge in [-0.3, -0.25) is 0 Å². The molecule has 0 aliphatic rings. The zero-order chi connectivity index (χ0) is 23.3. The quantitative estimate of drug-likeness (QED) is 0.440. The highest BCUT2D eigenvalue weighted by atomic mass is 35.5. The Hall–Kier alpha value is -2.99. The first kappa shape index (κ1) is 23.7. The van der Waals surface area contributed by atoms with Crippen LogP contribution in [0.1, 0.15) is 39.0 Å². The number of para-hydroxylation sites is 1. The fraction of sp³-hybridized carbons (Fsp3) is 0.360. The molecule has 0 radical (unpaired) electrons. The predicted molar refractivity (Wildman–Crippen MR) is 129 cm³/mol. The molecule has 1 aromatic heterocycles. The summed E-state index contributed by atoms with van der Waals surface area (Å²) in [6, 6.07) is 17.0. The number of urea groups is 1. The number of nitrogens with zero attached hydrogens (tertiary/aromatic N) is 3. The van der Waals surface area contributed by atoms with E-state index in [0.717, 1.165) is 16.9 Å². The number of rotatable bonds is 8. The van der Waals surface area contributed by atoms with Crippen molar-refractivity contribution < 1.29 is 9.53 Å². The van der Waals surface area contributed by atoms with Gasteiger partial charge in [-0.2, -0.15) is 5.10 Å². The van der Waals surface area contributed by atoms with Gasteiger partial charge in [0, 0.05) is 17.6 Å². The Balaban J connectivity index is 2.06. The fourth-order valence-corrected chi connectivity index (χ4v) is 3.58. The molecule has 1 heterocycles. The van der Waals surface area contributed by atoms with Crippen molar-refractivity contribution in [3.05, 3.63) is 70.9 Å². The molecule has 32 heavy (non-hydrogen) atoms. The summed E-state index contributed by atoms with van der Waals surface area (Å²) < 4.78 is 8.07. The van der Waals surface area contributed by atoms with Crippen molar-refractivity contribution in [2.45, 2.75) is 47.2 Å². The van der Waals surface area contributed by atoms with Crippen LogP contribution in [-0.2, 0) is 6.54 Å². The van der Waals surface area contributed by atoms with E-state index < -0.39 is 0 Å². The Bertz CT molecular complexity index is 1050. The minimum absolute atomic E-state index is 0.0486. The third-order valence-electron chi connectivity index (χ3n) is 4.78. The summed E-state index contributed by atoms with van der Waals surface area (Å²) in [5, 5.41) is 8.36. The molecule has 3 rings (SSSR count). The van der Waals surface area contributed by atoms with E-state index in [-0.39, 0.29) is 12.1 Å². The average molecular weight is 455 g/mol. The highest BCUT2D eigenvalue weighted by Crippen LogP contribution is 2.32. The minimum Gasteiger partial charge on any atom is -0.439 e. The van der Waals surface area contributed by atoms with E-state index >= 15 is 0 Å². The molecule has 0 fully saturated rings. The maximum absolute atomic E-state index is 12.9. The van der Waals surface area contributed by atoms with Gasteiger partial charge in [0.1, 0.15) is 5.75 Å². The second kappa shape index (κ2) is 10.6. The summed E-state index contributed by atoms with van der Waals surface area (Å²) in [4.78, 5) is 14.7. The van der Waals surface area contributed by atoms with Gasteiger partial charge in [-0.15, -0.1) is 0 Å². The number of ether oxygens (including phenoxy) is 1.